The summed E-state index contributed by atoms with van der Waals surface area (Å²) in [5.41, 5.74) is 2.71. The molecule has 99 heavy (non-hydrogen) atoms. The van der Waals surface area contributed by atoms with Gasteiger partial charge in [0.1, 0.15) is 89.5 Å². The summed E-state index contributed by atoms with van der Waals surface area (Å²) < 4.78 is 38.4. The Morgan fingerprint density at radius 3 is 1.91 bits per heavy atom. The molecule has 0 aliphatic carbocycles. The first-order valence-corrected chi connectivity index (χ1v) is 32.2. The molecule has 7 aliphatic heterocycles. The van der Waals surface area contributed by atoms with Crippen LogP contribution in [0.1, 0.15) is 112 Å². The lowest BCUT2D eigenvalue weighted by Gasteiger charge is -2.47. The minimum absolute atomic E-state index is 0.0424. The molecule has 0 aromatic heterocycles. The molecule has 7 heterocycles. The molecule has 0 spiro atoms. The number of nitrogens with two attached hydrogens (primary N) is 1. The lowest BCUT2D eigenvalue weighted by atomic mass is 9.86. The molecular weight excluding hydrogens is 1340 g/mol. The monoisotopic (exact) mass is 1420 g/mol. The summed E-state index contributed by atoms with van der Waals surface area (Å²) in [6.45, 7) is 7.27. The number of ether oxygens (including phenoxy) is 6. The van der Waals surface area contributed by atoms with E-state index < -0.39 is 213 Å². The zero-order chi connectivity index (χ0) is 72.0. The van der Waals surface area contributed by atoms with E-state index in [1.54, 1.807) is 0 Å². The van der Waals surface area contributed by atoms with Gasteiger partial charge in [-0.15, -0.1) is 0 Å². The third-order valence-electron chi connectivity index (χ3n) is 17.8. The Bertz CT molecular complexity index is 3960. The van der Waals surface area contributed by atoms with Crippen LogP contribution in [0.3, 0.4) is 0 Å². The maximum absolute atomic E-state index is 16.0. The number of fused-ring (bicyclic) bond motifs is 15. The molecule has 19 N–H and O–H groups in total. The number of carboxylic acid groups (broad SMARTS) is 1. The number of aliphatic hydroxyl groups is 6. The van der Waals surface area contributed by atoms with E-state index in [1.807, 2.05) is 13.8 Å². The van der Waals surface area contributed by atoms with Crippen LogP contribution in [-0.2, 0) is 47.8 Å². The highest BCUT2D eigenvalue weighted by Crippen LogP contribution is 2.50. The fourth-order valence-corrected chi connectivity index (χ4v) is 12.9. The number of hydrogen-bond acceptors (Lipinski definition) is 24. The van der Waals surface area contributed by atoms with E-state index in [9.17, 15) is 70.2 Å². The lowest BCUT2D eigenvalue weighted by Crippen LogP contribution is -2.64. The SMILES string of the molecule is CC[C@@H]1NC(=O)[C@H](NC(=O)[C@@H](CC(C)C)NC)[C@H](O)c2ccc(c(Cl)c2)Oc2cc3cc(c2O[C@@H]2OC(CO)[C@@H](O)[C@H](O)[C@H]2O[C@H]2C[C@](C)(N)[C@H](O)[C@H](C)O2)Oc2ccc(cc2Cl)[C@@H](O)[C@@H]2NC(=O)[C@H](NC(=O)C3NC1=O)c1ccc(O)c(c1)-c1c(O)cc(O)cc1[C@@H](C(=O)O)NC2=O. The molecule has 0 radical (unpaired) electrons. The van der Waals surface area contributed by atoms with E-state index in [2.05, 4.69) is 37.2 Å². The molecule has 11 bridgehead atoms. The Morgan fingerprint density at radius 2 is 1.32 bits per heavy atom. The fraction of sp³-hybridized carbons (Fsp3) is 0.439. The molecule has 2 fully saturated rings. The van der Waals surface area contributed by atoms with Crippen molar-refractivity contribution in [2.24, 2.45) is 11.7 Å². The number of likely N-dealkylation sites (N-methyl/N-ethyl adjacent to an activating group) is 1. The summed E-state index contributed by atoms with van der Waals surface area (Å²) >= 11 is 14.1. The van der Waals surface area contributed by atoms with E-state index in [-0.39, 0.29) is 64.0 Å². The standard InChI is InChI=1S/C66H76Cl2N8O23/c1-7-35-58(86)72-47-29-18-41(95-39-12-9-27(16-33(39)67)51(81)49(62(90)71-35)75-59(87)36(70-6)14-24(2)3)55(99-65-56(54(84)53(83)43(23-77)97-65)98-44-22-66(5,69)57(85)25(4)94-44)42(19-29)96-40-13-10-28(17-34(40)68)52(82)50-63(91)74-48(64(92)93)32-20-30(78)21-38(80)45(32)31-15-26(8-11-37(31)79)46(60(88)76-50)73-61(47)89/h8-13,15-21,24-25,35-36,43-44,46-54,56-57,65,70,77-85H,7,14,22-23,69H2,1-6H3,(H,71,90)(H,72,86)(H,73,89)(H,74,91)(H,75,87)(H,76,88)(H,92,93)/t25-,35-,36+,43?,44-,46+,47?,48-,49+,50-,51+,52+,53+,54-,56+,57+,65-,66-/m0/s1. The van der Waals surface area contributed by atoms with Gasteiger partial charge >= 0.3 is 5.97 Å². The summed E-state index contributed by atoms with van der Waals surface area (Å²) in [5, 5.41) is 131. The van der Waals surface area contributed by atoms with Gasteiger partial charge in [0, 0.05) is 34.7 Å². The zero-order valence-corrected chi connectivity index (χ0v) is 55.4. The van der Waals surface area contributed by atoms with Gasteiger partial charge in [0.2, 0.25) is 47.5 Å². The van der Waals surface area contributed by atoms with Crippen molar-refractivity contribution in [1.29, 1.82) is 0 Å². The Hall–Kier alpha value is -8.67. The number of rotatable bonds is 12. The third kappa shape index (κ3) is 15.3. The average Bonchev–Trinajstić information content (AvgIpc) is 0.770. The number of phenolic OH excluding ortho intramolecular Hbond substituents is 3. The van der Waals surface area contributed by atoms with E-state index in [0.29, 0.717) is 0 Å². The molecule has 7 aliphatic rings. The van der Waals surface area contributed by atoms with Crippen molar-refractivity contribution in [3.8, 4) is 57.1 Å². The van der Waals surface area contributed by atoms with Crippen molar-refractivity contribution in [3.05, 3.63) is 117 Å². The van der Waals surface area contributed by atoms with Crippen LogP contribution < -0.4 is 57.2 Å². The number of aromatic hydroxyl groups is 3. The first kappa shape index (κ1) is 73.1. The number of amides is 6. The Morgan fingerprint density at radius 1 is 0.717 bits per heavy atom. The van der Waals surface area contributed by atoms with Crippen LogP contribution in [-0.4, -0.2) is 185 Å². The molecule has 6 amide bonds. The summed E-state index contributed by atoms with van der Waals surface area (Å²) in [5.74, 6) is -13.5. The zero-order valence-electron chi connectivity index (χ0n) is 53.8. The number of hydrogen-bond donors (Lipinski definition) is 18. The quantitative estimate of drug-likeness (QED) is 0.0844. The Kier molecular flexibility index (Phi) is 21.9. The van der Waals surface area contributed by atoms with Crippen LogP contribution in [0.5, 0.6) is 46.0 Å². The van der Waals surface area contributed by atoms with Crippen LogP contribution in [0.15, 0.2) is 78.9 Å². The molecule has 532 valence electrons. The maximum atomic E-state index is 16.0. The van der Waals surface area contributed by atoms with Gasteiger partial charge in [0.15, 0.2) is 29.9 Å². The van der Waals surface area contributed by atoms with Crippen molar-refractivity contribution in [3.63, 3.8) is 0 Å². The van der Waals surface area contributed by atoms with Crippen molar-refractivity contribution in [1.82, 2.24) is 37.2 Å². The minimum atomic E-state index is -2.25. The highest BCUT2D eigenvalue weighted by Gasteiger charge is 2.51. The molecule has 33 heteroatoms. The Labute approximate surface area is 574 Å². The van der Waals surface area contributed by atoms with Gasteiger partial charge in [-0.25, -0.2) is 4.79 Å². The summed E-state index contributed by atoms with van der Waals surface area (Å²) in [6.07, 6.45) is -17.2. The topological polar surface area (TPSA) is 487 Å². The van der Waals surface area contributed by atoms with E-state index in [4.69, 9.17) is 57.4 Å². The van der Waals surface area contributed by atoms with Crippen LogP contribution in [0, 0.1) is 5.92 Å². The number of benzene rings is 5. The van der Waals surface area contributed by atoms with Gasteiger partial charge in [0.25, 0.3) is 0 Å². The average molecular weight is 1420 g/mol. The largest absolute Gasteiger partial charge is 0.508 e. The van der Waals surface area contributed by atoms with E-state index in [1.165, 1.54) is 52.1 Å². The molecular formula is C66H76Cl2N8O23. The molecule has 2 saturated heterocycles. The van der Waals surface area contributed by atoms with Gasteiger partial charge in [0.05, 0.1) is 34.9 Å². The second kappa shape index (κ2) is 29.6. The third-order valence-corrected chi connectivity index (χ3v) is 18.4. The molecule has 5 aromatic carbocycles. The number of halogens is 2. The van der Waals surface area contributed by atoms with Gasteiger partial charge in [-0.2, -0.15) is 0 Å². The first-order valence-electron chi connectivity index (χ1n) is 31.5. The summed E-state index contributed by atoms with van der Waals surface area (Å²) in [4.78, 5) is 103. The maximum Gasteiger partial charge on any atom is 0.330 e. The van der Waals surface area contributed by atoms with Gasteiger partial charge in [-0.1, -0.05) is 62.2 Å². The number of phenols is 3. The van der Waals surface area contributed by atoms with Gasteiger partial charge < -0.3 is 122 Å². The van der Waals surface area contributed by atoms with Gasteiger partial charge in [-0.05, 0) is 117 Å². The molecule has 2 unspecified atom stereocenters. The fourth-order valence-electron chi connectivity index (χ4n) is 12.4. The van der Waals surface area contributed by atoms with Crippen molar-refractivity contribution >= 4 is 64.6 Å². The second-order valence-electron chi connectivity index (χ2n) is 25.5. The Balaban J connectivity index is 1.23. The molecule has 31 nitrogen and oxygen atoms in total. The highest BCUT2D eigenvalue weighted by atomic mass is 35.5. The first-order chi connectivity index (χ1) is 46.8. The minimum Gasteiger partial charge on any atom is -0.508 e. The molecule has 0 saturated carbocycles. The number of aliphatic carboxylic acids is 1. The number of carbonyl (C=O) groups excluding carboxylic acids is 6. The van der Waals surface area contributed by atoms with Crippen LogP contribution in [0.2, 0.25) is 10.0 Å². The van der Waals surface area contributed by atoms with Crippen molar-refractivity contribution in [2.45, 2.75) is 163 Å². The predicted molar refractivity (Wildman–Crippen MR) is 346 cm³/mol. The van der Waals surface area contributed by atoms with Crippen LogP contribution in [0.4, 0.5) is 0 Å². The number of nitrogens with one attached hydrogen (secondary N) is 7. The number of aliphatic hydroxyl groups excluding tert-OH is 6. The molecule has 12 rings (SSSR count). The summed E-state index contributed by atoms with van der Waals surface area (Å²) in [6, 6.07) is 1.00. The molecule has 5 aromatic rings. The van der Waals surface area contributed by atoms with Crippen molar-refractivity contribution < 1.29 is 113 Å². The number of carboxylic acids is 1. The lowest BCUT2D eigenvalue weighted by molar-refractivity contribution is -0.333. The van der Waals surface area contributed by atoms with Gasteiger partial charge in [-0.3, -0.25) is 28.8 Å². The highest BCUT2D eigenvalue weighted by molar-refractivity contribution is 6.32. The number of carbonyl (C=O) groups is 7. The molecule has 18 atom stereocenters. The normalized spacial score (nSPS) is 29.8. The van der Waals surface area contributed by atoms with Crippen LogP contribution >= 0.6 is 23.2 Å². The second-order valence-corrected chi connectivity index (χ2v) is 26.3. The van der Waals surface area contributed by atoms with E-state index >= 15 is 14.4 Å². The smallest absolute Gasteiger partial charge is 0.330 e. The predicted octanol–water partition coefficient (Wildman–Crippen LogP) is 1.64. The summed E-state index contributed by atoms with van der Waals surface area (Å²) in [7, 11) is 1.52. The van der Waals surface area contributed by atoms with E-state index in [0.717, 1.165) is 54.6 Å². The van der Waals surface area contributed by atoms with Crippen LogP contribution in [0.25, 0.3) is 11.1 Å². The van der Waals surface area contributed by atoms with Crippen molar-refractivity contribution in [2.75, 3.05) is 13.7 Å².